The SMILES string of the molecule is CCNC(=O)COC(=O)/C=C/c1cccc(Br)c1. The summed E-state index contributed by atoms with van der Waals surface area (Å²) >= 11 is 3.33. The van der Waals surface area contributed by atoms with Crippen LogP contribution in [0.5, 0.6) is 0 Å². The standard InChI is InChI=1S/C13H14BrNO3/c1-2-15-12(16)9-18-13(17)7-6-10-4-3-5-11(14)8-10/h3-8H,2,9H2,1H3,(H,15,16)/b7-6+. The maximum absolute atomic E-state index is 11.3. The largest absolute Gasteiger partial charge is 0.452 e. The van der Waals surface area contributed by atoms with Crippen LogP contribution in [0.25, 0.3) is 6.08 Å². The molecular weight excluding hydrogens is 298 g/mol. The highest BCUT2D eigenvalue weighted by molar-refractivity contribution is 9.10. The summed E-state index contributed by atoms with van der Waals surface area (Å²) in [5.74, 6) is -0.845. The zero-order valence-electron chi connectivity index (χ0n) is 9.98. The predicted molar refractivity (Wildman–Crippen MR) is 72.8 cm³/mol. The van der Waals surface area contributed by atoms with Gasteiger partial charge in [0.2, 0.25) is 0 Å². The van der Waals surface area contributed by atoms with Crippen molar-refractivity contribution in [3.63, 3.8) is 0 Å². The number of ether oxygens (including phenoxy) is 1. The molecule has 1 N–H and O–H groups in total. The third-order valence-corrected chi connectivity index (χ3v) is 2.47. The number of hydrogen-bond acceptors (Lipinski definition) is 3. The Labute approximate surface area is 114 Å². The van der Waals surface area contributed by atoms with Gasteiger partial charge >= 0.3 is 5.97 Å². The molecule has 0 heterocycles. The Morgan fingerprint density at radius 1 is 1.44 bits per heavy atom. The van der Waals surface area contributed by atoms with Crippen molar-refractivity contribution in [2.24, 2.45) is 0 Å². The lowest BCUT2D eigenvalue weighted by molar-refractivity contribution is -0.143. The van der Waals surface area contributed by atoms with E-state index in [-0.39, 0.29) is 12.5 Å². The van der Waals surface area contributed by atoms with Gasteiger partial charge in [0.1, 0.15) is 0 Å². The average molecular weight is 312 g/mol. The molecular formula is C13H14BrNO3. The van der Waals surface area contributed by atoms with Gasteiger partial charge in [0, 0.05) is 17.1 Å². The first-order valence-electron chi connectivity index (χ1n) is 5.49. The summed E-state index contributed by atoms with van der Waals surface area (Å²) in [4.78, 5) is 22.4. The molecule has 0 saturated heterocycles. The van der Waals surface area contributed by atoms with E-state index < -0.39 is 5.97 Å². The quantitative estimate of drug-likeness (QED) is 0.669. The summed E-state index contributed by atoms with van der Waals surface area (Å²) in [5, 5.41) is 2.54. The summed E-state index contributed by atoms with van der Waals surface area (Å²) in [6, 6.07) is 7.49. The summed E-state index contributed by atoms with van der Waals surface area (Å²) in [6.45, 7) is 2.06. The van der Waals surface area contributed by atoms with E-state index >= 15 is 0 Å². The molecule has 1 rings (SSSR count). The number of carbonyl (C=O) groups excluding carboxylic acids is 2. The number of benzene rings is 1. The number of halogens is 1. The van der Waals surface area contributed by atoms with Crippen LogP contribution in [0.15, 0.2) is 34.8 Å². The summed E-state index contributed by atoms with van der Waals surface area (Å²) in [5.41, 5.74) is 0.874. The Bertz CT molecular complexity index is 457. The van der Waals surface area contributed by atoms with E-state index in [1.54, 1.807) is 13.0 Å². The van der Waals surface area contributed by atoms with Gasteiger partial charge in [-0.3, -0.25) is 4.79 Å². The van der Waals surface area contributed by atoms with Gasteiger partial charge in [-0.25, -0.2) is 4.79 Å². The van der Waals surface area contributed by atoms with Crippen molar-refractivity contribution in [2.45, 2.75) is 6.92 Å². The van der Waals surface area contributed by atoms with Gasteiger partial charge in [0.05, 0.1) is 0 Å². The van der Waals surface area contributed by atoms with E-state index in [0.29, 0.717) is 6.54 Å². The first kappa shape index (κ1) is 14.4. The fourth-order valence-electron chi connectivity index (χ4n) is 1.21. The van der Waals surface area contributed by atoms with Gasteiger partial charge in [0.15, 0.2) is 6.61 Å². The molecule has 18 heavy (non-hydrogen) atoms. The number of nitrogens with one attached hydrogen (secondary N) is 1. The summed E-state index contributed by atoms with van der Waals surface area (Å²) in [6.07, 6.45) is 2.92. The van der Waals surface area contributed by atoms with Gasteiger partial charge in [0.25, 0.3) is 5.91 Å². The molecule has 1 aromatic rings. The minimum absolute atomic E-state index is 0.254. The Morgan fingerprint density at radius 3 is 2.89 bits per heavy atom. The van der Waals surface area contributed by atoms with Crippen molar-refractivity contribution < 1.29 is 14.3 Å². The number of likely N-dealkylation sites (N-methyl/N-ethyl adjacent to an activating group) is 1. The molecule has 0 fully saturated rings. The van der Waals surface area contributed by atoms with Crippen molar-refractivity contribution in [2.75, 3.05) is 13.2 Å². The average Bonchev–Trinajstić information content (AvgIpc) is 2.34. The van der Waals surface area contributed by atoms with Crippen LogP contribution < -0.4 is 5.32 Å². The highest BCUT2D eigenvalue weighted by Gasteiger charge is 2.02. The zero-order valence-corrected chi connectivity index (χ0v) is 11.6. The third-order valence-electron chi connectivity index (χ3n) is 1.98. The van der Waals surface area contributed by atoms with Gasteiger partial charge < -0.3 is 10.1 Å². The van der Waals surface area contributed by atoms with Gasteiger partial charge in [-0.15, -0.1) is 0 Å². The lowest BCUT2D eigenvalue weighted by Crippen LogP contribution is -2.28. The molecule has 1 amide bonds. The molecule has 0 aliphatic rings. The monoisotopic (exact) mass is 311 g/mol. The normalized spacial score (nSPS) is 10.3. The Kier molecular flexibility index (Phi) is 6.14. The fourth-order valence-corrected chi connectivity index (χ4v) is 1.62. The minimum Gasteiger partial charge on any atom is -0.452 e. The molecule has 96 valence electrons. The second-order valence-electron chi connectivity index (χ2n) is 3.45. The number of hydrogen-bond donors (Lipinski definition) is 1. The van der Waals surface area contributed by atoms with Crippen LogP contribution in [0.2, 0.25) is 0 Å². The van der Waals surface area contributed by atoms with Crippen LogP contribution in [0.3, 0.4) is 0 Å². The molecule has 0 spiro atoms. The molecule has 0 bridgehead atoms. The van der Waals surface area contributed by atoms with Crippen LogP contribution in [0.4, 0.5) is 0 Å². The predicted octanol–water partition coefficient (Wildman–Crippen LogP) is 2.14. The topological polar surface area (TPSA) is 55.4 Å². The highest BCUT2D eigenvalue weighted by Crippen LogP contribution is 2.12. The van der Waals surface area contributed by atoms with Crippen molar-refractivity contribution in [3.05, 3.63) is 40.4 Å². The van der Waals surface area contributed by atoms with E-state index in [0.717, 1.165) is 10.0 Å². The molecule has 0 radical (unpaired) electrons. The second kappa shape index (κ2) is 7.66. The third kappa shape index (κ3) is 5.63. The molecule has 4 nitrogen and oxygen atoms in total. The van der Waals surface area contributed by atoms with E-state index in [9.17, 15) is 9.59 Å². The van der Waals surface area contributed by atoms with Crippen LogP contribution in [0.1, 0.15) is 12.5 Å². The molecule has 1 aromatic carbocycles. The maximum atomic E-state index is 11.3. The molecule has 0 aromatic heterocycles. The fraction of sp³-hybridized carbons (Fsp3) is 0.231. The van der Waals surface area contributed by atoms with Crippen LogP contribution in [-0.4, -0.2) is 25.0 Å². The number of carbonyl (C=O) groups is 2. The molecule has 0 unspecified atom stereocenters. The van der Waals surface area contributed by atoms with E-state index in [1.165, 1.54) is 6.08 Å². The number of amides is 1. The van der Waals surface area contributed by atoms with Crippen LogP contribution in [-0.2, 0) is 14.3 Å². The van der Waals surface area contributed by atoms with E-state index in [2.05, 4.69) is 21.2 Å². The van der Waals surface area contributed by atoms with Crippen molar-refractivity contribution in [1.82, 2.24) is 5.32 Å². The number of esters is 1. The summed E-state index contributed by atoms with van der Waals surface area (Å²) < 4.78 is 5.69. The molecule has 5 heteroatoms. The Morgan fingerprint density at radius 2 is 2.22 bits per heavy atom. The smallest absolute Gasteiger partial charge is 0.331 e. The Balaban J connectivity index is 2.42. The van der Waals surface area contributed by atoms with E-state index in [1.807, 2.05) is 24.3 Å². The molecule has 0 atom stereocenters. The first-order valence-corrected chi connectivity index (χ1v) is 6.28. The lowest BCUT2D eigenvalue weighted by atomic mass is 10.2. The van der Waals surface area contributed by atoms with Crippen LogP contribution in [0, 0.1) is 0 Å². The van der Waals surface area contributed by atoms with Crippen molar-refractivity contribution >= 4 is 33.9 Å². The second-order valence-corrected chi connectivity index (χ2v) is 4.37. The lowest BCUT2D eigenvalue weighted by Gasteiger charge is -2.01. The van der Waals surface area contributed by atoms with Crippen molar-refractivity contribution in [1.29, 1.82) is 0 Å². The van der Waals surface area contributed by atoms with Gasteiger partial charge in [-0.2, -0.15) is 0 Å². The van der Waals surface area contributed by atoms with Gasteiger partial charge in [-0.05, 0) is 30.7 Å². The van der Waals surface area contributed by atoms with Crippen molar-refractivity contribution in [3.8, 4) is 0 Å². The molecule has 0 aliphatic heterocycles. The van der Waals surface area contributed by atoms with Gasteiger partial charge in [-0.1, -0.05) is 28.1 Å². The zero-order chi connectivity index (χ0) is 13.4. The molecule has 0 saturated carbocycles. The minimum atomic E-state index is -0.541. The molecule has 0 aliphatic carbocycles. The Hall–Kier alpha value is -1.62. The maximum Gasteiger partial charge on any atom is 0.331 e. The van der Waals surface area contributed by atoms with E-state index in [4.69, 9.17) is 4.74 Å². The van der Waals surface area contributed by atoms with Crippen LogP contribution >= 0.6 is 15.9 Å². The highest BCUT2D eigenvalue weighted by atomic mass is 79.9. The number of rotatable bonds is 5. The first-order chi connectivity index (χ1) is 8.61. The summed E-state index contributed by atoms with van der Waals surface area (Å²) in [7, 11) is 0.